The Labute approximate surface area is 360 Å². The van der Waals surface area contributed by atoms with Gasteiger partial charge in [0, 0.05) is 6.42 Å². The third-order valence-corrected chi connectivity index (χ3v) is 12.2. The Morgan fingerprint density at radius 3 is 1.38 bits per heavy atom. The maximum atomic E-state index is 12.8. The molecule has 9 heteroatoms. The van der Waals surface area contributed by atoms with Crippen LogP contribution >= 0.6 is 7.82 Å². The highest BCUT2D eigenvalue weighted by Gasteiger charge is 2.27. The normalized spacial score (nSPS) is 14.4. The van der Waals surface area contributed by atoms with E-state index in [1.54, 1.807) is 6.08 Å². The Balaban J connectivity index is 4.17. The summed E-state index contributed by atoms with van der Waals surface area (Å²) < 4.78 is 23.5. The number of carbonyl (C=O) groups excluding carboxylic acids is 1. The van der Waals surface area contributed by atoms with Crippen molar-refractivity contribution in [3.8, 4) is 0 Å². The number of nitrogens with one attached hydrogen (secondary N) is 1. The fraction of sp³-hybridized carbons (Fsp3) is 0.898. The van der Waals surface area contributed by atoms with Crippen LogP contribution in [-0.2, 0) is 18.4 Å². The molecule has 58 heavy (non-hydrogen) atoms. The van der Waals surface area contributed by atoms with E-state index >= 15 is 0 Å². The summed E-state index contributed by atoms with van der Waals surface area (Å²) in [5.41, 5.74) is 0. The minimum atomic E-state index is -4.34. The van der Waals surface area contributed by atoms with E-state index < -0.39 is 20.0 Å². The van der Waals surface area contributed by atoms with Crippen LogP contribution in [0, 0.1) is 0 Å². The third kappa shape index (κ3) is 43.1. The van der Waals surface area contributed by atoms with Crippen molar-refractivity contribution in [2.45, 2.75) is 244 Å². The number of aliphatic hydroxyl groups excluding tert-OH is 1. The summed E-state index contributed by atoms with van der Waals surface area (Å²) in [6.45, 7) is 4.78. The van der Waals surface area contributed by atoms with Crippen molar-refractivity contribution >= 4 is 13.7 Å². The van der Waals surface area contributed by atoms with Gasteiger partial charge in [0.15, 0.2) is 0 Å². The molecule has 8 nitrogen and oxygen atoms in total. The molecule has 0 saturated carbocycles. The van der Waals surface area contributed by atoms with E-state index in [1.807, 2.05) is 27.2 Å². The van der Waals surface area contributed by atoms with E-state index in [0.717, 1.165) is 38.5 Å². The van der Waals surface area contributed by atoms with E-state index in [4.69, 9.17) is 9.05 Å². The number of carbonyl (C=O) groups is 1. The van der Waals surface area contributed by atoms with Crippen molar-refractivity contribution in [2.75, 3.05) is 40.9 Å². The predicted molar refractivity (Wildman–Crippen MR) is 249 cm³/mol. The van der Waals surface area contributed by atoms with E-state index in [9.17, 15) is 19.4 Å². The molecule has 3 N–H and O–H groups in total. The van der Waals surface area contributed by atoms with Crippen LogP contribution in [0.25, 0.3) is 0 Å². The van der Waals surface area contributed by atoms with Gasteiger partial charge in [-0.1, -0.05) is 218 Å². The van der Waals surface area contributed by atoms with Crippen LogP contribution in [0.5, 0.6) is 0 Å². The smallest absolute Gasteiger partial charge is 0.387 e. The number of allylic oxidation sites excluding steroid dienone is 3. The monoisotopic (exact) mass is 842 g/mol. The number of quaternary nitrogens is 1. The molecule has 3 atom stereocenters. The molecule has 1 amide bonds. The van der Waals surface area contributed by atoms with Gasteiger partial charge in [-0.05, 0) is 32.1 Å². The number of hydrogen-bond acceptors (Lipinski definition) is 5. The van der Waals surface area contributed by atoms with Crippen LogP contribution in [0.15, 0.2) is 24.3 Å². The number of rotatable bonds is 45. The highest BCUT2D eigenvalue weighted by molar-refractivity contribution is 7.47. The molecule has 0 rings (SSSR count). The average Bonchev–Trinajstić information content (AvgIpc) is 3.17. The summed E-state index contributed by atoms with van der Waals surface area (Å²) in [6, 6.07) is -0.857. The van der Waals surface area contributed by atoms with Crippen molar-refractivity contribution in [2.24, 2.45) is 0 Å². The lowest BCUT2D eigenvalue weighted by atomic mass is 10.0. The fourth-order valence-electron chi connectivity index (χ4n) is 7.23. The Morgan fingerprint density at radius 2 is 0.948 bits per heavy atom. The van der Waals surface area contributed by atoms with Gasteiger partial charge in [-0.2, -0.15) is 0 Å². The maximum absolute atomic E-state index is 12.8. The standard InChI is InChI=1S/C49H97N2O6P/c1-6-8-10-12-14-16-17-18-19-20-21-22-23-24-25-26-27-28-29-30-31-32-33-35-36-38-40-42-48(52)47(46-57-58(54,55)56-45-44-51(3,4)5)50-49(53)43-41-39-37-34-15-13-11-9-7-2/h33,35,40,42,47-48,52H,6-32,34,36-39,41,43-46H2,1-5H3,(H-,50,53,54,55)/p+1/b35-33+,42-40+. The number of hydrogen-bond donors (Lipinski definition) is 3. The van der Waals surface area contributed by atoms with Crippen molar-refractivity contribution < 1.29 is 32.9 Å². The van der Waals surface area contributed by atoms with Crippen LogP contribution in [0.1, 0.15) is 232 Å². The Morgan fingerprint density at radius 1 is 0.569 bits per heavy atom. The summed E-state index contributed by atoms with van der Waals surface area (Å²) in [7, 11) is 1.56. The van der Waals surface area contributed by atoms with Gasteiger partial charge in [0.25, 0.3) is 0 Å². The lowest BCUT2D eigenvalue weighted by molar-refractivity contribution is -0.870. The summed E-state index contributed by atoms with van der Waals surface area (Å²) >= 11 is 0. The molecule has 0 aromatic carbocycles. The summed E-state index contributed by atoms with van der Waals surface area (Å²) in [5.74, 6) is -0.189. The first-order valence-electron chi connectivity index (χ1n) is 24.7. The quantitative estimate of drug-likeness (QED) is 0.0244. The molecular weight excluding hydrogens is 744 g/mol. The molecule has 3 unspecified atom stereocenters. The highest BCUT2D eigenvalue weighted by Crippen LogP contribution is 2.43. The molecule has 344 valence electrons. The Kier molecular flexibility index (Phi) is 40.6. The number of likely N-dealkylation sites (N-methyl/N-ethyl adjacent to an activating group) is 1. The second-order valence-electron chi connectivity index (χ2n) is 18.2. The van der Waals surface area contributed by atoms with Crippen molar-refractivity contribution in [3.63, 3.8) is 0 Å². The second kappa shape index (κ2) is 41.3. The summed E-state index contributed by atoms with van der Waals surface area (Å²) in [5, 5.41) is 13.8. The number of phosphoric acid groups is 1. The van der Waals surface area contributed by atoms with Gasteiger partial charge in [0.1, 0.15) is 13.2 Å². The molecule has 0 aromatic heterocycles. The fourth-order valence-corrected chi connectivity index (χ4v) is 7.97. The lowest BCUT2D eigenvalue weighted by Crippen LogP contribution is -2.45. The number of amides is 1. The van der Waals surface area contributed by atoms with Crippen molar-refractivity contribution in [1.82, 2.24) is 5.32 Å². The number of aliphatic hydroxyl groups is 1. The predicted octanol–water partition coefficient (Wildman–Crippen LogP) is 14.1. The minimum Gasteiger partial charge on any atom is -0.387 e. The topological polar surface area (TPSA) is 105 Å². The van der Waals surface area contributed by atoms with Crippen molar-refractivity contribution in [3.05, 3.63) is 24.3 Å². The van der Waals surface area contributed by atoms with Gasteiger partial charge >= 0.3 is 7.82 Å². The first-order chi connectivity index (χ1) is 28.0. The van der Waals surface area contributed by atoms with Crippen LogP contribution < -0.4 is 5.32 Å². The van der Waals surface area contributed by atoms with E-state index in [-0.39, 0.29) is 19.1 Å². The van der Waals surface area contributed by atoms with Gasteiger partial charge in [0.05, 0.1) is 39.9 Å². The summed E-state index contributed by atoms with van der Waals surface area (Å²) in [6.07, 6.45) is 50.0. The maximum Gasteiger partial charge on any atom is 0.472 e. The Hall–Kier alpha value is -1.02. The molecule has 0 aromatic rings. The van der Waals surface area contributed by atoms with E-state index in [2.05, 4.69) is 31.3 Å². The molecular formula is C49H98N2O6P+. The Bertz CT molecular complexity index is 1000. The number of nitrogens with zero attached hydrogens (tertiary/aromatic N) is 1. The zero-order chi connectivity index (χ0) is 42.8. The van der Waals surface area contributed by atoms with Crippen LogP contribution in [-0.4, -0.2) is 73.4 Å². The van der Waals surface area contributed by atoms with Gasteiger partial charge in [-0.3, -0.25) is 13.8 Å². The second-order valence-corrected chi connectivity index (χ2v) is 19.6. The zero-order valence-corrected chi connectivity index (χ0v) is 39.9. The largest absolute Gasteiger partial charge is 0.472 e. The summed E-state index contributed by atoms with van der Waals surface area (Å²) in [4.78, 5) is 23.0. The SMILES string of the molecule is CCCCCCCCCCCCCCCCCCCCCCC/C=C/CC/C=C/C(O)C(COP(=O)(O)OCC[N+](C)(C)C)NC(=O)CCCCCCCCCCC. The van der Waals surface area contributed by atoms with E-state index in [1.165, 1.54) is 173 Å². The van der Waals surface area contributed by atoms with Crippen LogP contribution in [0.3, 0.4) is 0 Å². The van der Waals surface area contributed by atoms with Gasteiger partial charge in [-0.25, -0.2) is 4.57 Å². The average molecular weight is 842 g/mol. The molecule has 0 bridgehead atoms. The first kappa shape index (κ1) is 57.0. The van der Waals surface area contributed by atoms with Crippen LogP contribution in [0.2, 0.25) is 0 Å². The molecule has 0 aliphatic rings. The number of unbranched alkanes of at least 4 members (excludes halogenated alkanes) is 30. The van der Waals surface area contributed by atoms with Crippen molar-refractivity contribution in [1.29, 1.82) is 0 Å². The molecule has 0 aliphatic carbocycles. The van der Waals surface area contributed by atoms with Gasteiger partial charge in [0.2, 0.25) is 5.91 Å². The van der Waals surface area contributed by atoms with Crippen LogP contribution in [0.4, 0.5) is 0 Å². The molecule has 0 aliphatic heterocycles. The lowest BCUT2D eigenvalue weighted by Gasteiger charge is -2.25. The molecule has 0 spiro atoms. The first-order valence-corrected chi connectivity index (χ1v) is 26.2. The molecule has 0 fully saturated rings. The minimum absolute atomic E-state index is 0.0580. The molecule has 0 radical (unpaired) electrons. The third-order valence-electron chi connectivity index (χ3n) is 11.2. The highest BCUT2D eigenvalue weighted by atomic mass is 31.2. The molecule has 0 heterocycles. The number of phosphoric ester groups is 1. The zero-order valence-electron chi connectivity index (χ0n) is 39.0. The van der Waals surface area contributed by atoms with E-state index in [0.29, 0.717) is 17.4 Å². The molecule has 0 saturated heterocycles. The van der Waals surface area contributed by atoms with Gasteiger partial charge in [-0.15, -0.1) is 0 Å². The van der Waals surface area contributed by atoms with Gasteiger partial charge < -0.3 is 19.8 Å².